The summed E-state index contributed by atoms with van der Waals surface area (Å²) in [7, 11) is 0. The molecule has 0 spiro atoms. The number of aryl methyl sites for hydroxylation is 2. The molecular weight excluding hydrogens is 290 g/mol. The normalized spacial score (nSPS) is 10.2. The first-order valence-electron chi connectivity index (χ1n) is 6.51. The van der Waals surface area contributed by atoms with Crippen LogP contribution in [0.15, 0.2) is 36.5 Å². The van der Waals surface area contributed by atoms with Crippen LogP contribution in [-0.4, -0.2) is 17.6 Å². The van der Waals surface area contributed by atoms with E-state index in [1.807, 2.05) is 32.0 Å². The Hall–Kier alpha value is -2.07. The molecule has 0 radical (unpaired) electrons. The number of esters is 1. The van der Waals surface area contributed by atoms with Crippen molar-refractivity contribution in [3.63, 3.8) is 0 Å². The summed E-state index contributed by atoms with van der Waals surface area (Å²) in [5, 5.41) is 0.406. The molecule has 0 aliphatic carbocycles. The molecule has 0 saturated carbocycles. The van der Waals surface area contributed by atoms with Crippen molar-refractivity contribution in [2.24, 2.45) is 0 Å². The minimum Gasteiger partial charge on any atom is -0.482 e. The number of ether oxygens (including phenoxy) is 2. The van der Waals surface area contributed by atoms with Crippen LogP contribution in [0.5, 0.6) is 5.75 Å². The fourth-order valence-corrected chi connectivity index (χ4v) is 1.76. The van der Waals surface area contributed by atoms with Gasteiger partial charge in [-0.1, -0.05) is 23.7 Å². The van der Waals surface area contributed by atoms with Crippen molar-refractivity contribution in [1.29, 1.82) is 0 Å². The lowest BCUT2D eigenvalue weighted by molar-refractivity contribution is -0.147. The first kappa shape index (κ1) is 15.3. The summed E-state index contributed by atoms with van der Waals surface area (Å²) in [4.78, 5) is 15.5. The third-order valence-electron chi connectivity index (χ3n) is 3.02. The third kappa shape index (κ3) is 4.76. The largest absolute Gasteiger partial charge is 0.482 e. The summed E-state index contributed by atoms with van der Waals surface area (Å²) in [6, 6.07) is 9.09. The van der Waals surface area contributed by atoms with E-state index in [0.717, 1.165) is 11.1 Å². The van der Waals surface area contributed by atoms with E-state index in [1.165, 1.54) is 5.56 Å². The first-order chi connectivity index (χ1) is 10.0. The molecule has 1 aromatic carbocycles. The van der Waals surface area contributed by atoms with Crippen LogP contribution in [0, 0.1) is 13.8 Å². The minimum atomic E-state index is -0.428. The number of halogens is 1. The van der Waals surface area contributed by atoms with Gasteiger partial charge in [0.1, 0.15) is 17.5 Å². The molecule has 2 rings (SSSR count). The molecule has 0 saturated heterocycles. The van der Waals surface area contributed by atoms with Gasteiger partial charge in [0.15, 0.2) is 6.61 Å². The summed E-state index contributed by atoms with van der Waals surface area (Å²) in [6.07, 6.45) is 1.57. The van der Waals surface area contributed by atoms with Crippen molar-refractivity contribution in [2.75, 3.05) is 6.61 Å². The molecule has 0 fully saturated rings. The van der Waals surface area contributed by atoms with E-state index in [2.05, 4.69) is 4.98 Å². The van der Waals surface area contributed by atoms with Crippen LogP contribution in [0.1, 0.15) is 16.7 Å². The number of hydrogen-bond donors (Lipinski definition) is 0. The Balaban J connectivity index is 1.79. The number of rotatable bonds is 5. The van der Waals surface area contributed by atoms with Gasteiger partial charge in [0.25, 0.3) is 0 Å². The molecule has 1 heterocycles. The highest BCUT2D eigenvalue weighted by Crippen LogP contribution is 2.16. The van der Waals surface area contributed by atoms with Gasteiger partial charge in [-0.15, -0.1) is 0 Å². The number of hydrogen-bond acceptors (Lipinski definition) is 4. The molecule has 0 unspecified atom stereocenters. The molecule has 0 atom stereocenters. The highest BCUT2D eigenvalue weighted by molar-refractivity contribution is 6.29. The Labute approximate surface area is 128 Å². The summed E-state index contributed by atoms with van der Waals surface area (Å²) < 4.78 is 10.5. The molecule has 2 aromatic rings. The van der Waals surface area contributed by atoms with Crippen LogP contribution in [0.3, 0.4) is 0 Å². The molecule has 110 valence electrons. The molecule has 1 aromatic heterocycles. The van der Waals surface area contributed by atoms with Gasteiger partial charge in [0.2, 0.25) is 0 Å². The molecule has 4 nitrogen and oxygen atoms in total. The van der Waals surface area contributed by atoms with Crippen molar-refractivity contribution < 1.29 is 14.3 Å². The van der Waals surface area contributed by atoms with E-state index in [-0.39, 0.29) is 13.2 Å². The Morgan fingerprint density at radius 3 is 2.67 bits per heavy atom. The average Bonchev–Trinajstić information content (AvgIpc) is 2.48. The standard InChI is InChI=1S/C16H16ClNO3/c1-11-3-5-14(7-12(11)2)20-10-16(19)21-9-13-4-6-15(17)18-8-13/h3-8H,9-10H2,1-2H3. The van der Waals surface area contributed by atoms with Crippen molar-refractivity contribution >= 4 is 17.6 Å². The lowest BCUT2D eigenvalue weighted by Crippen LogP contribution is -2.14. The molecule has 0 aliphatic rings. The molecule has 0 bridgehead atoms. The van der Waals surface area contributed by atoms with E-state index in [9.17, 15) is 4.79 Å². The molecule has 0 amide bonds. The van der Waals surface area contributed by atoms with Crippen molar-refractivity contribution in [1.82, 2.24) is 4.98 Å². The number of carbonyl (C=O) groups is 1. The Morgan fingerprint density at radius 2 is 2.00 bits per heavy atom. The highest BCUT2D eigenvalue weighted by atomic mass is 35.5. The zero-order valence-corrected chi connectivity index (χ0v) is 12.7. The van der Waals surface area contributed by atoms with Crippen LogP contribution in [0.25, 0.3) is 0 Å². The molecular formula is C16H16ClNO3. The summed E-state index contributed by atoms with van der Waals surface area (Å²) in [6.45, 7) is 4.05. The van der Waals surface area contributed by atoms with Crippen LogP contribution >= 0.6 is 11.6 Å². The van der Waals surface area contributed by atoms with Gasteiger partial charge < -0.3 is 9.47 Å². The van der Waals surface area contributed by atoms with Crippen molar-refractivity contribution in [3.8, 4) is 5.75 Å². The van der Waals surface area contributed by atoms with E-state index < -0.39 is 5.97 Å². The molecule has 0 N–H and O–H groups in total. The Bertz CT molecular complexity index is 626. The second-order valence-electron chi connectivity index (χ2n) is 4.68. The van der Waals surface area contributed by atoms with Gasteiger partial charge >= 0.3 is 5.97 Å². The van der Waals surface area contributed by atoms with Gasteiger partial charge in [-0.05, 0) is 43.2 Å². The average molecular weight is 306 g/mol. The van der Waals surface area contributed by atoms with E-state index in [4.69, 9.17) is 21.1 Å². The zero-order valence-electron chi connectivity index (χ0n) is 11.9. The second-order valence-corrected chi connectivity index (χ2v) is 5.07. The number of aromatic nitrogens is 1. The first-order valence-corrected chi connectivity index (χ1v) is 6.88. The van der Waals surface area contributed by atoms with E-state index in [0.29, 0.717) is 10.9 Å². The fourth-order valence-electron chi connectivity index (χ4n) is 1.64. The van der Waals surface area contributed by atoms with Crippen LogP contribution in [-0.2, 0) is 16.1 Å². The maximum Gasteiger partial charge on any atom is 0.344 e. The van der Waals surface area contributed by atoms with Gasteiger partial charge in [-0.3, -0.25) is 0 Å². The van der Waals surface area contributed by atoms with Crippen LogP contribution < -0.4 is 4.74 Å². The summed E-state index contributed by atoms with van der Waals surface area (Å²) in [5.74, 6) is 0.228. The molecule has 0 aliphatic heterocycles. The Morgan fingerprint density at radius 1 is 1.19 bits per heavy atom. The summed E-state index contributed by atoms with van der Waals surface area (Å²) >= 11 is 5.68. The zero-order chi connectivity index (χ0) is 15.2. The van der Waals surface area contributed by atoms with Gasteiger partial charge in [-0.25, -0.2) is 9.78 Å². The molecule has 5 heteroatoms. The highest BCUT2D eigenvalue weighted by Gasteiger charge is 2.06. The maximum atomic E-state index is 11.6. The number of pyridine rings is 1. The van der Waals surface area contributed by atoms with E-state index in [1.54, 1.807) is 18.3 Å². The number of carbonyl (C=O) groups excluding carboxylic acids is 1. The number of benzene rings is 1. The lowest BCUT2D eigenvalue weighted by Gasteiger charge is -2.08. The minimum absolute atomic E-state index is 0.122. The third-order valence-corrected chi connectivity index (χ3v) is 3.25. The second kappa shape index (κ2) is 7.09. The van der Waals surface area contributed by atoms with Crippen LogP contribution in [0.4, 0.5) is 0 Å². The van der Waals surface area contributed by atoms with Gasteiger partial charge in [0.05, 0.1) is 0 Å². The lowest BCUT2D eigenvalue weighted by atomic mass is 10.1. The summed E-state index contributed by atoms with van der Waals surface area (Å²) in [5.41, 5.74) is 3.08. The van der Waals surface area contributed by atoms with Crippen LogP contribution in [0.2, 0.25) is 5.15 Å². The van der Waals surface area contributed by atoms with Gasteiger partial charge in [-0.2, -0.15) is 0 Å². The number of nitrogens with zero attached hydrogens (tertiary/aromatic N) is 1. The predicted molar refractivity (Wildman–Crippen MR) is 80.5 cm³/mol. The quantitative estimate of drug-likeness (QED) is 0.627. The van der Waals surface area contributed by atoms with E-state index >= 15 is 0 Å². The smallest absolute Gasteiger partial charge is 0.344 e. The van der Waals surface area contributed by atoms with Gasteiger partial charge in [0, 0.05) is 11.8 Å². The monoisotopic (exact) mass is 305 g/mol. The maximum absolute atomic E-state index is 11.6. The molecule has 21 heavy (non-hydrogen) atoms. The Kier molecular flexibility index (Phi) is 5.17. The SMILES string of the molecule is Cc1ccc(OCC(=O)OCc2ccc(Cl)nc2)cc1C. The van der Waals surface area contributed by atoms with Crippen molar-refractivity contribution in [2.45, 2.75) is 20.5 Å². The van der Waals surface area contributed by atoms with Crippen molar-refractivity contribution in [3.05, 3.63) is 58.4 Å². The predicted octanol–water partition coefficient (Wildman–Crippen LogP) is 3.47. The topological polar surface area (TPSA) is 48.4 Å². The fraction of sp³-hybridized carbons (Fsp3) is 0.250.